The smallest absolute Gasteiger partial charge is 0.346 e. The Labute approximate surface area is 211 Å². The lowest BCUT2D eigenvalue weighted by molar-refractivity contribution is -0.285. The highest BCUT2D eigenvalue weighted by Gasteiger charge is 2.78. The third-order valence-electron chi connectivity index (χ3n) is 6.84. The molecule has 0 spiro atoms. The van der Waals surface area contributed by atoms with Crippen LogP contribution in [0.2, 0.25) is 0 Å². The van der Waals surface area contributed by atoms with Gasteiger partial charge in [0.15, 0.2) is 11.2 Å². The number of rotatable bonds is 2. The summed E-state index contributed by atoms with van der Waals surface area (Å²) >= 11 is 2.64. The number of halogens is 11. The topological polar surface area (TPSA) is 40.5 Å². The first-order chi connectivity index (χ1) is 16.8. The Kier molecular flexibility index (Phi) is 5.85. The van der Waals surface area contributed by atoms with E-state index in [4.69, 9.17) is 0 Å². The van der Waals surface area contributed by atoms with Crippen molar-refractivity contribution in [3.05, 3.63) is 87.4 Å². The fourth-order valence-electron chi connectivity index (χ4n) is 5.04. The van der Waals surface area contributed by atoms with Crippen LogP contribution in [0.5, 0.6) is 0 Å². The lowest BCUT2D eigenvalue weighted by Crippen LogP contribution is -2.48. The zero-order chi connectivity index (χ0) is 28.1. The monoisotopic (exact) mass is 604 g/mol. The fourth-order valence-corrected chi connectivity index (χ4v) is 5.71. The minimum Gasteiger partial charge on any atom is -0.378 e. The fraction of sp³-hybridized carbons (Fsp3) is 0.333. The molecule has 0 aromatic heterocycles. The van der Waals surface area contributed by atoms with Gasteiger partial charge < -0.3 is 10.2 Å². The SMILES string of the molecule is C=C1C[C@@]2(O)c3c(ccc(F)c31)C(F)(F)C2(F)F.C=CC[C@@]1(O)c2c(ccc(F)c2Br)C(F)(F)C1(F)F. The van der Waals surface area contributed by atoms with E-state index in [-0.39, 0.29) is 5.57 Å². The largest absolute Gasteiger partial charge is 0.378 e. The van der Waals surface area contributed by atoms with Gasteiger partial charge in [-0.3, -0.25) is 0 Å². The van der Waals surface area contributed by atoms with Crippen molar-refractivity contribution >= 4 is 21.5 Å². The first-order valence-electron chi connectivity index (χ1n) is 10.3. The molecule has 37 heavy (non-hydrogen) atoms. The second-order valence-electron chi connectivity index (χ2n) is 8.92. The molecule has 2 nitrogen and oxygen atoms in total. The summed E-state index contributed by atoms with van der Waals surface area (Å²) in [5.74, 6) is -20.5. The normalized spacial score (nSPS) is 28.8. The van der Waals surface area contributed by atoms with Gasteiger partial charge in [0, 0.05) is 40.7 Å². The summed E-state index contributed by atoms with van der Waals surface area (Å²) in [5.41, 5.74) is -10.4. The molecule has 0 saturated heterocycles. The average Bonchev–Trinajstić information content (AvgIpc) is 3.17. The molecule has 200 valence electrons. The molecular weight excluding hydrogens is 590 g/mol. The van der Waals surface area contributed by atoms with Crippen LogP contribution in [-0.2, 0) is 23.0 Å². The lowest BCUT2D eigenvalue weighted by atomic mass is 9.89. The Bertz CT molecular complexity index is 1360. The number of aliphatic hydroxyl groups is 2. The van der Waals surface area contributed by atoms with Gasteiger partial charge in [0.25, 0.3) is 0 Å². The molecule has 0 amide bonds. The van der Waals surface area contributed by atoms with Crippen LogP contribution in [0, 0.1) is 11.6 Å². The van der Waals surface area contributed by atoms with E-state index in [0.717, 1.165) is 6.08 Å². The summed E-state index contributed by atoms with van der Waals surface area (Å²) in [6, 6.07) is 2.50. The van der Waals surface area contributed by atoms with Crippen molar-refractivity contribution in [3.63, 3.8) is 0 Å². The molecule has 13 heteroatoms. The summed E-state index contributed by atoms with van der Waals surface area (Å²) < 4.78 is 136. The zero-order valence-electron chi connectivity index (χ0n) is 18.3. The van der Waals surface area contributed by atoms with Crippen molar-refractivity contribution in [1.82, 2.24) is 0 Å². The third-order valence-corrected chi connectivity index (χ3v) is 7.62. The van der Waals surface area contributed by atoms with E-state index in [2.05, 4.69) is 29.1 Å². The number of benzene rings is 2. The summed E-state index contributed by atoms with van der Waals surface area (Å²) in [4.78, 5) is 0. The highest BCUT2D eigenvalue weighted by Crippen LogP contribution is 2.67. The van der Waals surface area contributed by atoms with Gasteiger partial charge in [0.05, 0.1) is 4.47 Å². The number of alkyl halides is 8. The summed E-state index contributed by atoms with van der Waals surface area (Å²) in [6.45, 7) is 6.52. The lowest BCUT2D eigenvalue weighted by Gasteiger charge is -2.31. The second kappa shape index (κ2) is 7.82. The summed E-state index contributed by atoms with van der Waals surface area (Å²) in [6.07, 6.45) is -0.736. The maximum absolute atomic E-state index is 13.9. The molecule has 3 aliphatic rings. The third kappa shape index (κ3) is 3.07. The molecule has 0 aliphatic heterocycles. The van der Waals surface area contributed by atoms with Crippen LogP contribution in [0.3, 0.4) is 0 Å². The first-order valence-corrected chi connectivity index (χ1v) is 11.1. The highest BCUT2D eigenvalue weighted by molar-refractivity contribution is 9.10. The average molecular weight is 605 g/mol. The second-order valence-corrected chi connectivity index (χ2v) is 9.71. The van der Waals surface area contributed by atoms with Crippen LogP contribution in [0.15, 0.2) is 48.0 Å². The van der Waals surface area contributed by atoms with Gasteiger partial charge in [0.1, 0.15) is 11.6 Å². The molecule has 5 rings (SSSR count). The predicted octanol–water partition coefficient (Wildman–Crippen LogP) is 7.26. The van der Waals surface area contributed by atoms with E-state index in [0.29, 0.717) is 24.3 Å². The zero-order valence-corrected chi connectivity index (χ0v) is 19.9. The van der Waals surface area contributed by atoms with E-state index in [1.807, 2.05) is 0 Å². The van der Waals surface area contributed by atoms with E-state index < -0.39 is 91.7 Å². The van der Waals surface area contributed by atoms with Crippen LogP contribution >= 0.6 is 15.9 Å². The van der Waals surface area contributed by atoms with Crippen LogP contribution in [0.1, 0.15) is 40.7 Å². The van der Waals surface area contributed by atoms with Gasteiger partial charge in [-0.25, -0.2) is 8.78 Å². The van der Waals surface area contributed by atoms with Crippen molar-refractivity contribution in [2.24, 2.45) is 0 Å². The molecular formula is C24H15BrF10O2. The Morgan fingerprint density at radius 1 is 0.811 bits per heavy atom. The summed E-state index contributed by atoms with van der Waals surface area (Å²) in [7, 11) is 0. The molecule has 0 heterocycles. The Morgan fingerprint density at radius 3 is 1.84 bits per heavy atom. The van der Waals surface area contributed by atoms with Gasteiger partial charge in [-0.15, -0.1) is 6.58 Å². The van der Waals surface area contributed by atoms with Gasteiger partial charge in [0.2, 0.25) is 0 Å². The summed E-state index contributed by atoms with van der Waals surface area (Å²) in [5, 5.41) is 19.9. The maximum Gasteiger partial charge on any atom is 0.346 e. The van der Waals surface area contributed by atoms with Gasteiger partial charge >= 0.3 is 23.7 Å². The van der Waals surface area contributed by atoms with Crippen LogP contribution in [0.4, 0.5) is 43.9 Å². The van der Waals surface area contributed by atoms with Crippen LogP contribution < -0.4 is 0 Å². The molecule has 2 aromatic rings. The predicted molar refractivity (Wildman–Crippen MR) is 114 cm³/mol. The van der Waals surface area contributed by atoms with Crippen LogP contribution in [-0.4, -0.2) is 22.1 Å². The molecule has 0 radical (unpaired) electrons. The first kappa shape index (κ1) is 27.6. The molecule has 2 aromatic carbocycles. The van der Waals surface area contributed by atoms with E-state index >= 15 is 0 Å². The standard InChI is InChI=1S/C12H8BrF5O.C12H7F5O/c1-2-5-10(19)8-6(3-4-7(14)9(8)13)11(15,16)12(10,17)18;1-5-4-10(18)9-6(2-3-7(13)8(5)9)11(14,15)12(10,16)17/h2-4,19H,1,5H2;2-3,18H,1,4H2/t2*10-/m11/s1. The molecule has 2 atom stereocenters. The Hall–Kier alpha value is -2.38. The molecule has 2 N–H and O–H groups in total. The van der Waals surface area contributed by atoms with Crippen molar-refractivity contribution in [2.45, 2.75) is 47.7 Å². The molecule has 0 fully saturated rings. The number of hydrogen-bond donors (Lipinski definition) is 2. The molecule has 0 unspecified atom stereocenters. The maximum atomic E-state index is 13.9. The van der Waals surface area contributed by atoms with Crippen molar-refractivity contribution in [1.29, 1.82) is 0 Å². The highest BCUT2D eigenvalue weighted by atomic mass is 79.9. The Balaban J connectivity index is 0.000000173. The van der Waals surface area contributed by atoms with Crippen molar-refractivity contribution < 1.29 is 54.1 Å². The van der Waals surface area contributed by atoms with Gasteiger partial charge in [-0.1, -0.05) is 12.7 Å². The molecule has 3 aliphatic carbocycles. The van der Waals surface area contributed by atoms with E-state index in [1.54, 1.807) is 0 Å². The van der Waals surface area contributed by atoms with Crippen molar-refractivity contribution in [3.8, 4) is 0 Å². The minimum atomic E-state index is -4.76. The van der Waals surface area contributed by atoms with Gasteiger partial charge in [-0.05, 0) is 45.8 Å². The van der Waals surface area contributed by atoms with Crippen LogP contribution in [0.25, 0.3) is 5.57 Å². The molecule has 0 bridgehead atoms. The van der Waals surface area contributed by atoms with Gasteiger partial charge in [-0.2, -0.15) is 35.1 Å². The van der Waals surface area contributed by atoms with E-state index in [9.17, 15) is 54.1 Å². The number of hydrogen-bond acceptors (Lipinski definition) is 2. The molecule has 0 saturated carbocycles. The quantitative estimate of drug-likeness (QED) is 0.280. The van der Waals surface area contributed by atoms with Crippen molar-refractivity contribution in [2.75, 3.05) is 0 Å². The Morgan fingerprint density at radius 2 is 1.30 bits per heavy atom. The van der Waals surface area contributed by atoms with E-state index in [1.165, 1.54) is 0 Å². The number of fused-ring (bicyclic) bond motifs is 1. The minimum absolute atomic E-state index is 0.0953.